The lowest BCUT2D eigenvalue weighted by Crippen LogP contribution is -2.13. The Morgan fingerprint density at radius 2 is 2.10 bits per heavy atom. The van der Waals surface area contributed by atoms with E-state index in [0.717, 1.165) is 6.42 Å². The Morgan fingerprint density at radius 1 is 1.40 bits per heavy atom. The minimum absolute atomic E-state index is 0.0896. The second-order valence-corrected chi connectivity index (χ2v) is 2.31. The molecule has 0 heterocycles. The Bertz CT molecular complexity index is 68.6. The van der Waals surface area contributed by atoms with Crippen LogP contribution >= 0.6 is 11.6 Å². The molecule has 0 aromatic rings. The van der Waals surface area contributed by atoms with Gasteiger partial charge in [-0.1, -0.05) is 0 Å². The summed E-state index contributed by atoms with van der Waals surface area (Å²) in [6.45, 7) is 5.21. The summed E-state index contributed by atoms with van der Waals surface area (Å²) in [5, 5.41) is 0. The Morgan fingerprint density at radius 3 is 2.60 bits per heavy atom. The average Bonchev–Trinajstić information content (AvgIpc) is 1.89. The molecule has 0 aliphatic rings. The number of halogens is 1. The number of rotatable bonds is 6. The number of ether oxygens (including phenoxy) is 2. The van der Waals surface area contributed by atoms with Crippen LogP contribution in [0.25, 0.3) is 0 Å². The fourth-order valence-electron chi connectivity index (χ4n) is 0.587. The first-order valence-corrected chi connectivity index (χ1v) is 4.13. The van der Waals surface area contributed by atoms with E-state index in [0.29, 0.717) is 19.1 Å². The summed E-state index contributed by atoms with van der Waals surface area (Å²) < 4.78 is 10.3. The van der Waals surface area contributed by atoms with Crippen LogP contribution in [0.5, 0.6) is 0 Å². The van der Waals surface area contributed by atoms with Crippen LogP contribution in [0.3, 0.4) is 0 Å². The molecule has 0 aromatic heterocycles. The zero-order chi connectivity index (χ0) is 7.82. The van der Waals surface area contributed by atoms with Crippen molar-refractivity contribution < 1.29 is 9.47 Å². The maximum absolute atomic E-state index is 5.44. The lowest BCUT2D eigenvalue weighted by Gasteiger charge is -2.11. The summed E-state index contributed by atoms with van der Waals surface area (Å²) in [6, 6.07) is 0. The zero-order valence-corrected chi connectivity index (χ0v) is 7.36. The summed E-state index contributed by atoms with van der Waals surface area (Å²) in [7, 11) is 0. The molecular weight excluding hydrogens is 152 g/mol. The summed E-state index contributed by atoms with van der Waals surface area (Å²) in [4.78, 5) is 0. The van der Waals surface area contributed by atoms with E-state index in [4.69, 9.17) is 21.1 Å². The third kappa shape index (κ3) is 6.33. The standard InChI is InChI=1S/C7H15ClO2/c1-3-9-7(2)10-6-4-5-8/h7H,3-6H2,1-2H3. The van der Waals surface area contributed by atoms with Crippen molar-refractivity contribution in [3.8, 4) is 0 Å². The smallest absolute Gasteiger partial charge is 0.154 e. The number of hydrogen-bond donors (Lipinski definition) is 0. The van der Waals surface area contributed by atoms with Crippen molar-refractivity contribution in [2.45, 2.75) is 26.6 Å². The highest BCUT2D eigenvalue weighted by Crippen LogP contribution is 1.94. The molecule has 0 saturated heterocycles. The predicted molar refractivity (Wildman–Crippen MR) is 42.4 cm³/mol. The molecule has 0 aliphatic heterocycles. The molecule has 0 saturated carbocycles. The van der Waals surface area contributed by atoms with Crippen molar-refractivity contribution in [1.82, 2.24) is 0 Å². The Balaban J connectivity index is 2.97. The molecule has 0 fully saturated rings. The molecule has 0 bridgehead atoms. The van der Waals surface area contributed by atoms with Crippen LogP contribution < -0.4 is 0 Å². The highest BCUT2D eigenvalue weighted by atomic mass is 35.5. The molecule has 62 valence electrons. The Hall–Kier alpha value is 0.210. The third-order valence-electron chi connectivity index (χ3n) is 1.03. The van der Waals surface area contributed by atoms with Gasteiger partial charge in [0.25, 0.3) is 0 Å². The quantitative estimate of drug-likeness (QED) is 0.342. The molecule has 1 atom stereocenters. The van der Waals surface area contributed by atoms with Gasteiger partial charge in [0.1, 0.15) is 0 Å². The Kier molecular flexibility index (Phi) is 7.47. The fraction of sp³-hybridized carbons (Fsp3) is 1.00. The van der Waals surface area contributed by atoms with Gasteiger partial charge in [-0.25, -0.2) is 0 Å². The van der Waals surface area contributed by atoms with Gasteiger partial charge < -0.3 is 9.47 Å². The van der Waals surface area contributed by atoms with Crippen LogP contribution in [0.1, 0.15) is 20.3 Å². The van der Waals surface area contributed by atoms with E-state index in [1.54, 1.807) is 0 Å². The summed E-state index contributed by atoms with van der Waals surface area (Å²) in [5.74, 6) is 0.652. The van der Waals surface area contributed by atoms with Gasteiger partial charge in [-0.2, -0.15) is 0 Å². The molecule has 10 heavy (non-hydrogen) atoms. The average molecular weight is 167 g/mol. The summed E-state index contributed by atoms with van der Waals surface area (Å²) in [5.41, 5.74) is 0. The van der Waals surface area contributed by atoms with Crippen molar-refractivity contribution in [2.75, 3.05) is 19.1 Å². The van der Waals surface area contributed by atoms with Crippen LogP contribution in [0, 0.1) is 0 Å². The second kappa shape index (κ2) is 7.32. The van der Waals surface area contributed by atoms with Crippen molar-refractivity contribution in [3.63, 3.8) is 0 Å². The molecule has 0 amide bonds. The first-order valence-electron chi connectivity index (χ1n) is 3.60. The van der Waals surface area contributed by atoms with Gasteiger partial charge in [0, 0.05) is 12.5 Å². The molecule has 0 aromatic carbocycles. The van der Waals surface area contributed by atoms with E-state index in [2.05, 4.69) is 0 Å². The lowest BCUT2D eigenvalue weighted by atomic mass is 10.5. The molecule has 0 aliphatic carbocycles. The highest BCUT2D eigenvalue weighted by molar-refractivity contribution is 6.17. The van der Waals surface area contributed by atoms with Crippen molar-refractivity contribution >= 4 is 11.6 Å². The zero-order valence-electron chi connectivity index (χ0n) is 6.60. The predicted octanol–water partition coefficient (Wildman–Crippen LogP) is 2.01. The van der Waals surface area contributed by atoms with Crippen molar-refractivity contribution in [3.05, 3.63) is 0 Å². The van der Waals surface area contributed by atoms with E-state index >= 15 is 0 Å². The van der Waals surface area contributed by atoms with Crippen LogP contribution in [0.4, 0.5) is 0 Å². The Labute approximate surface area is 67.5 Å². The van der Waals surface area contributed by atoms with E-state index in [1.165, 1.54) is 0 Å². The normalized spacial score (nSPS) is 13.5. The minimum Gasteiger partial charge on any atom is -0.353 e. The van der Waals surface area contributed by atoms with Crippen LogP contribution in [-0.4, -0.2) is 25.4 Å². The molecule has 0 N–H and O–H groups in total. The first kappa shape index (κ1) is 10.2. The molecule has 2 nitrogen and oxygen atoms in total. The van der Waals surface area contributed by atoms with Gasteiger partial charge in [0.2, 0.25) is 0 Å². The van der Waals surface area contributed by atoms with Gasteiger partial charge in [-0.3, -0.25) is 0 Å². The minimum atomic E-state index is -0.0896. The molecule has 3 heteroatoms. The van der Waals surface area contributed by atoms with Gasteiger partial charge in [0.05, 0.1) is 6.61 Å². The van der Waals surface area contributed by atoms with E-state index in [-0.39, 0.29) is 6.29 Å². The maximum atomic E-state index is 5.44. The molecule has 1 unspecified atom stereocenters. The van der Waals surface area contributed by atoms with Crippen molar-refractivity contribution in [1.29, 1.82) is 0 Å². The molecular formula is C7H15ClO2. The van der Waals surface area contributed by atoms with Crippen LogP contribution in [0.2, 0.25) is 0 Å². The molecule has 0 radical (unpaired) electrons. The number of hydrogen-bond acceptors (Lipinski definition) is 2. The monoisotopic (exact) mass is 166 g/mol. The first-order chi connectivity index (χ1) is 4.81. The topological polar surface area (TPSA) is 18.5 Å². The van der Waals surface area contributed by atoms with Crippen LogP contribution in [-0.2, 0) is 9.47 Å². The van der Waals surface area contributed by atoms with Gasteiger partial charge in [0.15, 0.2) is 6.29 Å². The molecule has 0 spiro atoms. The molecule has 0 rings (SSSR count). The maximum Gasteiger partial charge on any atom is 0.154 e. The number of alkyl halides is 1. The SMILES string of the molecule is CCOC(C)OCCCCl. The lowest BCUT2D eigenvalue weighted by molar-refractivity contribution is -0.126. The van der Waals surface area contributed by atoms with Gasteiger partial charge in [-0.15, -0.1) is 11.6 Å². The van der Waals surface area contributed by atoms with E-state index < -0.39 is 0 Å². The largest absolute Gasteiger partial charge is 0.353 e. The second-order valence-electron chi connectivity index (χ2n) is 1.94. The highest BCUT2D eigenvalue weighted by Gasteiger charge is 1.97. The van der Waals surface area contributed by atoms with Gasteiger partial charge >= 0.3 is 0 Å². The summed E-state index contributed by atoms with van der Waals surface area (Å²) in [6.07, 6.45) is 0.798. The third-order valence-corrected chi connectivity index (χ3v) is 1.30. The summed E-state index contributed by atoms with van der Waals surface area (Å²) >= 11 is 5.44. The van der Waals surface area contributed by atoms with Crippen LogP contribution in [0.15, 0.2) is 0 Å². The van der Waals surface area contributed by atoms with E-state index in [1.807, 2.05) is 13.8 Å². The fourth-order valence-corrected chi connectivity index (χ4v) is 0.696. The van der Waals surface area contributed by atoms with Gasteiger partial charge in [-0.05, 0) is 20.3 Å². The van der Waals surface area contributed by atoms with E-state index in [9.17, 15) is 0 Å². The van der Waals surface area contributed by atoms with Crippen molar-refractivity contribution in [2.24, 2.45) is 0 Å².